The summed E-state index contributed by atoms with van der Waals surface area (Å²) < 4.78 is 33.3. The molecule has 2 aromatic rings. The van der Waals surface area contributed by atoms with E-state index >= 15 is 0 Å². The molecule has 0 saturated heterocycles. The van der Waals surface area contributed by atoms with Crippen molar-refractivity contribution in [3.8, 4) is 17.2 Å². The van der Waals surface area contributed by atoms with Crippen molar-refractivity contribution in [2.75, 3.05) is 13.2 Å². The fourth-order valence-electron chi connectivity index (χ4n) is 1.35. The van der Waals surface area contributed by atoms with E-state index in [9.17, 15) is 13.9 Å². The number of ether oxygens (including phenoxy) is 1. The molecule has 102 valence electrons. The van der Waals surface area contributed by atoms with Gasteiger partial charge in [0, 0.05) is 12.6 Å². The Kier molecular flexibility index (Phi) is 4.35. The maximum absolute atomic E-state index is 11.8. The first-order valence-corrected chi connectivity index (χ1v) is 5.48. The Balaban J connectivity index is 1.92. The number of hydrogen-bond acceptors (Lipinski definition) is 6. The fourth-order valence-corrected chi connectivity index (χ4v) is 1.35. The van der Waals surface area contributed by atoms with Crippen LogP contribution in [-0.2, 0) is 11.2 Å². The molecular formula is C11H11F2N3O3. The van der Waals surface area contributed by atoms with Crippen molar-refractivity contribution < 1.29 is 23.1 Å². The molecule has 0 radical (unpaired) electrons. The molecule has 0 unspecified atom stereocenters. The Hall–Kier alpha value is -2.09. The van der Waals surface area contributed by atoms with Crippen LogP contribution >= 0.6 is 0 Å². The molecule has 0 aliphatic carbocycles. The molecule has 0 aromatic carbocycles. The van der Waals surface area contributed by atoms with Gasteiger partial charge in [-0.15, -0.1) is 0 Å². The first-order valence-electron chi connectivity index (χ1n) is 5.48. The summed E-state index contributed by atoms with van der Waals surface area (Å²) in [4.78, 5) is 7.82. The monoisotopic (exact) mass is 271 g/mol. The van der Waals surface area contributed by atoms with Gasteiger partial charge in [0.1, 0.15) is 12.4 Å². The lowest BCUT2D eigenvalue weighted by Gasteiger charge is -1.99. The highest BCUT2D eigenvalue weighted by Gasteiger charge is 2.10. The van der Waals surface area contributed by atoms with Crippen molar-refractivity contribution in [3.05, 3.63) is 24.3 Å². The SMILES string of the molecule is Oc1cncc(-c2nc(CCOCC(F)F)no2)c1. The summed E-state index contributed by atoms with van der Waals surface area (Å²) in [5.74, 6) is 0.525. The lowest BCUT2D eigenvalue weighted by molar-refractivity contribution is 0.0182. The van der Waals surface area contributed by atoms with Gasteiger partial charge >= 0.3 is 0 Å². The third-order valence-electron chi connectivity index (χ3n) is 2.15. The predicted octanol–water partition coefficient (Wildman–Crippen LogP) is 1.66. The molecule has 19 heavy (non-hydrogen) atoms. The van der Waals surface area contributed by atoms with Crippen LogP contribution in [0.5, 0.6) is 5.75 Å². The van der Waals surface area contributed by atoms with Crippen molar-refractivity contribution in [2.45, 2.75) is 12.8 Å². The number of hydrogen-bond donors (Lipinski definition) is 1. The van der Waals surface area contributed by atoms with Crippen LogP contribution in [-0.4, -0.2) is 39.9 Å². The standard InChI is InChI=1S/C11H11F2N3O3/c12-9(13)6-18-2-1-10-15-11(19-16-10)7-3-8(17)5-14-4-7/h3-5,9,17H,1-2,6H2. The molecule has 0 spiro atoms. The van der Waals surface area contributed by atoms with E-state index in [-0.39, 0.29) is 24.7 Å². The van der Waals surface area contributed by atoms with Crippen molar-refractivity contribution in [2.24, 2.45) is 0 Å². The van der Waals surface area contributed by atoms with Crippen LogP contribution in [0.4, 0.5) is 8.78 Å². The molecule has 0 aliphatic heterocycles. The Morgan fingerprint density at radius 2 is 2.21 bits per heavy atom. The van der Waals surface area contributed by atoms with Crippen molar-refractivity contribution in [3.63, 3.8) is 0 Å². The smallest absolute Gasteiger partial charge is 0.261 e. The van der Waals surface area contributed by atoms with E-state index in [1.165, 1.54) is 18.5 Å². The van der Waals surface area contributed by atoms with Gasteiger partial charge < -0.3 is 14.4 Å². The van der Waals surface area contributed by atoms with E-state index in [2.05, 4.69) is 15.1 Å². The molecule has 0 bridgehead atoms. The highest BCUT2D eigenvalue weighted by atomic mass is 19.3. The van der Waals surface area contributed by atoms with Gasteiger partial charge in [-0.05, 0) is 6.07 Å². The average Bonchev–Trinajstić information content (AvgIpc) is 2.83. The van der Waals surface area contributed by atoms with Gasteiger partial charge in [-0.25, -0.2) is 8.78 Å². The molecule has 1 N–H and O–H groups in total. The van der Waals surface area contributed by atoms with Gasteiger partial charge in [0.25, 0.3) is 12.3 Å². The quantitative estimate of drug-likeness (QED) is 0.805. The molecule has 6 nitrogen and oxygen atoms in total. The molecule has 0 saturated carbocycles. The topological polar surface area (TPSA) is 81.3 Å². The number of aromatic hydroxyl groups is 1. The molecule has 0 fully saturated rings. The molecule has 2 heterocycles. The summed E-state index contributed by atoms with van der Waals surface area (Å²) in [6.07, 6.45) is 0.519. The fraction of sp³-hybridized carbons (Fsp3) is 0.364. The van der Waals surface area contributed by atoms with E-state index in [1.54, 1.807) is 0 Å². The lowest BCUT2D eigenvalue weighted by Crippen LogP contribution is -2.07. The van der Waals surface area contributed by atoms with Gasteiger partial charge in [-0.2, -0.15) is 4.98 Å². The maximum atomic E-state index is 11.8. The number of pyridine rings is 1. The van der Waals surface area contributed by atoms with Crippen LogP contribution in [0.3, 0.4) is 0 Å². The van der Waals surface area contributed by atoms with Gasteiger partial charge in [0.05, 0.1) is 18.4 Å². The molecular weight excluding hydrogens is 260 g/mol. The van der Waals surface area contributed by atoms with Crippen LogP contribution in [0.1, 0.15) is 5.82 Å². The summed E-state index contributed by atoms with van der Waals surface area (Å²) in [6, 6.07) is 1.43. The second kappa shape index (κ2) is 6.19. The summed E-state index contributed by atoms with van der Waals surface area (Å²) in [6.45, 7) is -0.525. The number of rotatable bonds is 6. The second-order valence-corrected chi connectivity index (χ2v) is 3.66. The van der Waals surface area contributed by atoms with E-state index in [0.717, 1.165) is 0 Å². The second-order valence-electron chi connectivity index (χ2n) is 3.66. The lowest BCUT2D eigenvalue weighted by atomic mass is 10.3. The van der Waals surface area contributed by atoms with Crippen LogP contribution in [0, 0.1) is 0 Å². The molecule has 2 aromatic heterocycles. The van der Waals surface area contributed by atoms with Gasteiger partial charge in [-0.1, -0.05) is 5.16 Å². The Morgan fingerprint density at radius 3 is 2.95 bits per heavy atom. The third kappa shape index (κ3) is 3.95. The van der Waals surface area contributed by atoms with E-state index in [1.807, 2.05) is 0 Å². The van der Waals surface area contributed by atoms with Crippen molar-refractivity contribution in [1.29, 1.82) is 0 Å². The molecule has 0 aliphatic rings. The Morgan fingerprint density at radius 1 is 1.37 bits per heavy atom. The minimum atomic E-state index is -2.49. The zero-order valence-corrected chi connectivity index (χ0v) is 9.79. The van der Waals surface area contributed by atoms with Crippen LogP contribution in [0.25, 0.3) is 11.5 Å². The number of alkyl halides is 2. The summed E-state index contributed by atoms with van der Waals surface area (Å²) in [7, 11) is 0. The van der Waals surface area contributed by atoms with Gasteiger partial charge in [0.15, 0.2) is 5.82 Å². The normalized spacial score (nSPS) is 11.1. The van der Waals surface area contributed by atoms with E-state index < -0.39 is 13.0 Å². The third-order valence-corrected chi connectivity index (χ3v) is 2.15. The van der Waals surface area contributed by atoms with Crippen molar-refractivity contribution >= 4 is 0 Å². The van der Waals surface area contributed by atoms with Crippen LogP contribution in [0.15, 0.2) is 23.0 Å². The summed E-state index contributed by atoms with van der Waals surface area (Å²) in [5.41, 5.74) is 0.479. The van der Waals surface area contributed by atoms with Gasteiger partial charge in [0.2, 0.25) is 0 Å². The van der Waals surface area contributed by atoms with Crippen LogP contribution < -0.4 is 0 Å². The Bertz CT molecular complexity index is 533. The minimum Gasteiger partial charge on any atom is -0.506 e. The number of nitrogens with zero attached hydrogens (tertiary/aromatic N) is 3. The Labute approximate surface area is 107 Å². The summed E-state index contributed by atoms with van der Waals surface area (Å²) in [5, 5.41) is 12.9. The highest BCUT2D eigenvalue weighted by molar-refractivity contribution is 5.53. The first-order chi connectivity index (χ1) is 9.15. The summed E-state index contributed by atoms with van der Waals surface area (Å²) >= 11 is 0. The number of aromatic nitrogens is 3. The average molecular weight is 271 g/mol. The molecule has 8 heteroatoms. The van der Waals surface area contributed by atoms with E-state index in [0.29, 0.717) is 11.4 Å². The molecule has 2 rings (SSSR count). The zero-order chi connectivity index (χ0) is 13.7. The van der Waals surface area contributed by atoms with Crippen LogP contribution in [0.2, 0.25) is 0 Å². The number of halogens is 2. The molecule has 0 amide bonds. The highest BCUT2D eigenvalue weighted by Crippen LogP contribution is 2.19. The van der Waals surface area contributed by atoms with E-state index in [4.69, 9.17) is 9.26 Å². The predicted molar refractivity (Wildman–Crippen MR) is 59.7 cm³/mol. The maximum Gasteiger partial charge on any atom is 0.261 e. The largest absolute Gasteiger partial charge is 0.506 e. The molecule has 0 atom stereocenters. The van der Waals surface area contributed by atoms with Gasteiger partial charge in [-0.3, -0.25) is 4.98 Å². The zero-order valence-electron chi connectivity index (χ0n) is 9.79. The minimum absolute atomic E-state index is 0.0162. The van der Waals surface area contributed by atoms with Crippen molar-refractivity contribution in [1.82, 2.24) is 15.1 Å². The first kappa shape index (κ1) is 13.3.